The van der Waals surface area contributed by atoms with E-state index in [0.717, 1.165) is 0 Å². The summed E-state index contributed by atoms with van der Waals surface area (Å²) in [6, 6.07) is 11.4. The number of hydrogen-bond donors (Lipinski definition) is 2. The van der Waals surface area contributed by atoms with Crippen LogP contribution in [0.25, 0.3) is 0 Å². The highest BCUT2D eigenvalue weighted by atomic mass is 32.2. The Hall–Kier alpha value is -1.92. The van der Waals surface area contributed by atoms with Gasteiger partial charge in [0.2, 0.25) is 10.0 Å². The van der Waals surface area contributed by atoms with E-state index < -0.39 is 10.0 Å². The van der Waals surface area contributed by atoms with E-state index >= 15 is 0 Å². The topological polar surface area (TPSA) is 99.1 Å². The lowest BCUT2D eigenvalue weighted by molar-refractivity contribution is 0.598. The molecule has 4 N–H and O–H groups in total. The molecule has 0 saturated heterocycles. The van der Waals surface area contributed by atoms with E-state index in [9.17, 15) is 8.42 Å². The first-order valence-corrected chi connectivity index (χ1v) is 6.28. The molecule has 90 valence electrons. The summed E-state index contributed by atoms with van der Waals surface area (Å²) in [6.07, 6.45) is 3.50. The number of benzene rings is 1. The number of pyridine rings is 1. The summed E-state index contributed by atoms with van der Waals surface area (Å²) in [7, 11) is -3.58. The first kappa shape index (κ1) is 13.1. The van der Waals surface area contributed by atoms with Gasteiger partial charge in [-0.05, 0) is 36.4 Å². The van der Waals surface area contributed by atoms with E-state index in [1.54, 1.807) is 12.4 Å². The number of hydrogen-bond acceptors (Lipinski definition) is 4. The Labute approximate surface area is 100 Å². The molecule has 0 bridgehead atoms. The number of nitrogens with zero attached hydrogens (tertiary/aromatic N) is 1. The molecule has 0 unspecified atom stereocenters. The minimum atomic E-state index is -3.58. The van der Waals surface area contributed by atoms with Crippen molar-refractivity contribution in [2.45, 2.75) is 4.90 Å². The molecule has 17 heavy (non-hydrogen) atoms. The standard InChI is InChI=1S/C6H8N2O2S.C5H5N/c7-5-1-3-6(4-2-5)11(8,9)10;1-2-4-6-5-3-1/h1-4H,7H2,(H2,8,9,10);1-5H. The Balaban J connectivity index is 0.000000202. The molecule has 1 heterocycles. The van der Waals surface area contributed by atoms with Crippen LogP contribution in [0.4, 0.5) is 5.69 Å². The third-order valence-corrected chi connectivity index (χ3v) is 2.70. The molecule has 0 spiro atoms. The molecule has 5 nitrogen and oxygen atoms in total. The molecule has 1 aromatic heterocycles. The molecule has 2 aromatic rings. The maximum absolute atomic E-state index is 10.7. The maximum atomic E-state index is 10.7. The first-order valence-electron chi connectivity index (χ1n) is 4.73. The van der Waals surface area contributed by atoms with Crippen molar-refractivity contribution in [1.29, 1.82) is 0 Å². The summed E-state index contributed by atoms with van der Waals surface area (Å²) in [5.41, 5.74) is 5.85. The Kier molecular flexibility index (Phi) is 4.62. The van der Waals surface area contributed by atoms with E-state index in [4.69, 9.17) is 10.9 Å². The SMILES string of the molecule is Nc1ccc(S(N)(=O)=O)cc1.c1ccncc1. The minimum Gasteiger partial charge on any atom is -0.399 e. The van der Waals surface area contributed by atoms with Gasteiger partial charge in [-0.2, -0.15) is 0 Å². The molecular formula is C11H13N3O2S. The quantitative estimate of drug-likeness (QED) is 0.738. The second kappa shape index (κ2) is 5.97. The highest BCUT2D eigenvalue weighted by Crippen LogP contribution is 2.08. The van der Waals surface area contributed by atoms with E-state index in [2.05, 4.69) is 4.98 Å². The molecule has 0 radical (unpaired) electrons. The Bertz CT molecular complexity index is 512. The summed E-state index contributed by atoms with van der Waals surface area (Å²) in [5.74, 6) is 0. The second-order valence-electron chi connectivity index (χ2n) is 3.14. The number of sulfonamides is 1. The fourth-order valence-corrected chi connectivity index (χ4v) is 1.49. The summed E-state index contributed by atoms with van der Waals surface area (Å²) < 4.78 is 21.4. The fraction of sp³-hybridized carbons (Fsp3) is 0. The smallest absolute Gasteiger partial charge is 0.238 e. The lowest BCUT2D eigenvalue weighted by atomic mass is 10.3. The zero-order valence-corrected chi connectivity index (χ0v) is 9.84. The molecule has 1 aromatic carbocycles. The van der Waals surface area contributed by atoms with E-state index in [1.807, 2.05) is 18.2 Å². The molecular weight excluding hydrogens is 238 g/mol. The van der Waals surface area contributed by atoms with Crippen molar-refractivity contribution in [3.05, 3.63) is 54.9 Å². The maximum Gasteiger partial charge on any atom is 0.238 e. The van der Waals surface area contributed by atoms with Crippen LogP contribution in [0.2, 0.25) is 0 Å². The average Bonchev–Trinajstić information content (AvgIpc) is 2.31. The van der Waals surface area contributed by atoms with Gasteiger partial charge in [-0.3, -0.25) is 4.98 Å². The average molecular weight is 251 g/mol. The molecule has 0 aliphatic heterocycles. The van der Waals surface area contributed by atoms with Crippen molar-refractivity contribution >= 4 is 15.7 Å². The molecule has 0 aliphatic carbocycles. The van der Waals surface area contributed by atoms with Crippen LogP contribution in [0.3, 0.4) is 0 Å². The van der Waals surface area contributed by atoms with Crippen LogP contribution in [-0.4, -0.2) is 13.4 Å². The van der Waals surface area contributed by atoms with Gasteiger partial charge < -0.3 is 5.73 Å². The van der Waals surface area contributed by atoms with Gasteiger partial charge in [0.25, 0.3) is 0 Å². The lowest BCUT2D eigenvalue weighted by Crippen LogP contribution is -2.11. The van der Waals surface area contributed by atoms with E-state index in [0.29, 0.717) is 5.69 Å². The van der Waals surface area contributed by atoms with E-state index in [1.165, 1.54) is 24.3 Å². The van der Waals surface area contributed by atoms with Gasteiger partial charge in [-0.25, -0.2) is 13.6 Å². The van der Waals surface area contributed by atoms with Crippen LogP contribution in [0.15, 0.2) is 59.8 Å². The molecule has 0 fully saturated rings. The lowest BCUT2D eigenvalue weighted by Gasteiger charge is -1.96. The van der Waals surface area contributed by atoms with Gasteiger partial charge in [0.05, 0.1) is 4.90 Å². The van der Waals surface area contributed by atoms with Gasteiger partial charge in [0.1, 0.15) is 0 Å². The van der Waals surface area contributed by atoms with Crippen molar-refractivity contribution in [3.8, 4) is 0 Å². The monoisotopic (exact) mass is 251 g/mol. The third kappa shape index (κ3) is 5.10. The first-order chi connectivity index (χ1) is 8.00. The van der Waals surface area contributed by atoms with Gasteiger partial charge in [-0.1, -0.05) is 6.07 Å². The van der Waals surface area contributed by atoms with Gasteiger partial charge in [-0.15, -0.1) is 0 Å². The predicted octanol–water partition coefficient (Wildman–Crippen LogP) is 0.998. The molecule has 0 amide bonds. The van der Waals surface area contributed by atoms with Gasteiger partial charge in [0, 0.05) is 18.1 Å². The highest BCUT2D eigenvalue weighted by Gasteiger charge is 2.04. The number of rotatable bonds is 1. The van der Waals surface area contributed by atoms with Crippen molar-refractivity contribution < 1.29 is 8.42 Å². The molecule has 6 heteroatoms. The molecule has 2 rings (SSSR count). The molecule has 0 atom stereocenters. The third-order valence-electron chi connectivity index (χ3n) is 1.78. The number of aromatic nitrogens is 1. The molecule has 0 aliphatic rings. The van der Waals surface area contributed by atoms with E-state index in [-0.39, 0.29) is 4.90 Å². The molecule has 0 saturated carbocycles. The normalized spacial score (nSPS) is 10.2. The van der Waals surface area contributed by atoms with Crippen LogP contribution in [0.1, 0.15) is 0 Å². The van der Waals surface area contributed by atoms with Crippen LogP contribution in [0.5, 0.6) is 0 Å². The summed E-state index contributed by atoms with van der Waals surface area (Å²) >= 11 is 0. The van der Waals surface area contributed by atoms with Crippen LogP contribution >= 0.6 is 0 Å². The van der Waals surface area contributed by atoms with Gasteiger partial charge in [0.15, 0.2) is 0 Å². The Morgan fingerprint density at radius 3 is 1.76 bits per heavy atom. The van der Waals surface area contributed by atoms with Gasteiger partial charge >= 0.3 is 0 Å². The highest BCUT2D eigenvalue weighted by molar-refractivity contribution is 7.89. The summed E-state index contributed by atoms with van der Waals surface area (Å²) in [6.45, 7) is 0. The number of nitrogen functional groups attached to an aromatic ring is 1. The number of primary sulfonamides is 1. The van der Waals surface area contributed by atoms with Crippen molar-refractivity contribution in [1.82, 2.24) is 4.98 Å². The van der Waals surface area contributed by atoms with Crippen molar-refractivity contribution in [2.24, 2.45) is 5.14 Å². The van der Waals surface area contributed by atoms with Crippen LogP contribution in [-0.2, 0) is 10.0 Å². The fourth-order valence-electron chi connectivity index (χ4n) is 0.970. The zero-order valence-electron chi connectivity index (χ0n) is 9.02. The predicted molar refractivity (Wildman–Crippen MR) is 66.5 cm³/mol. The second-order valence-corrected chi connectivity index (χ2v) is 4.70. The Morgan fingerprint density at radius 1 is 0.941 bits per heavy atom. The van der Waals surface area contributed by atoms with Crippen molar-refractivity contribution in [2.75, 3.05) is 5.73 Å². The summed E-state index contributed by atoms with van der Waals surface area (Å²) in [4.78, 5) is 3.86. The summed E-state index contributed by atoms with van der Waals surface area (Å²) in [5, 5.41) is 4.84. The number of nitrogens with two attached hydrogens (primary N) is 2. The zero-order chi connectivity index (χ0) is 12.7. The number of anilines is 1. The minimum absolute atomic E-state index is 0.0756. The largest absolute Gasteiger partial charge is 0.399 e. The van der Waals surface area contributed by atoms with Crippen LogP contribution < -0.4 is 10.9 Å². The van der Waals surface area contributed by atoms with Crippen molar-refractivity contribution in [3.63, 3.8) is 0 Å². The van der Waals surface area contributed by atoms with Crippen LogP contribution in [0, 0.1) is 0 Å². The Morgan fingerprint density at radius 2 is 1.47 bits per heavy atom.